The first-order valence-corrected chi connectivity index (χ1v) is 5.45. The highest BCUT2D eigenvalue weighted by Gasteiger charge is 2.06. The minimum absolute atomic E-state index is 0.186. The lowest BCUT2D eigenvalue weighted by Crippen LogP contribution is -2.22. The van der Waals surface area contributed by atoms with Gasteiger partial charge in [-0.25, -0.2) is 0 Å². The molecule has 0 spiro atoms. The normalized spacial score (nSPS) is 13.3. The molecule has 0 saturated carbocycles. The van der Waals surface area contributed by atoms with Gasteiger partial charge in [-0.3, -0.25) is 0 Å². The Labute approximate surface area is 94.7 Å². The van der Waals surface area contributed by atoms with Crippen LogP contribution in [0.4, 0.5) is 0 Å². The fourth-order valence-electron chi connectivity index (χ4n) is 1.20. The smallest absolute Gasteiger partial charge is 0.0459 e. The van der Waals surface area contributed by atoms with Gasteiger partial charge in [0.25, 0.3) is 0 Å². The molecule has 0 fully saturated rings. The summed E-state index contributed by atoms with van der Waals surface area (Å²) in [6.45, 7) is 0.732. The molecule has 0 bridgehead atoms. The van der Waals surface area contributed by atoms with Crippen molar-refractivity contribution >= 4 is 23.2 Å². The van der Waals surface area contributed by atoms with Crippen molar-refractivity contribution in [3.8, 4) is 0 Å². The lowest BCUT2D eigenvalue weighted by molar-refractivity contribution is 0.623. The molecule has 0 aliphatic carbocycles. The number of alkyl halides is 1. The van der Waals surface area contributed by atoms with Gasteiger partial charge in [-0.1, -0.05) is 48.0 Å². The maximum Gasteiger partial charge on any atom is 0.0459 e. The van der Waals surface area contributed by atoms with E-state index in [4.69, 9.17) is 23.2 Å². The third-order valence-corrected chi connectivity index (χ3v) is 2.41. The molecule has 14 heavy (non-hydrogen) atoms. The number of nitrogens with one attached hydrogen (secondary N) is 1. The van der Waals surface area contributed by atoms with Gasteiger partial charge in [0.1, 0.15) is 0 Å². The van der Waals surface area contributed by atoms with Crippen LogP contribution in [0.3, 0.4) is 0 Å². The highest BCUT2D eigenvalue weighted by Crippen LogP contribution is 2.13. The molecule has 0 aromatic heterocycles. The van der Waals surface area contributed by atoms with Crippen LogP contribution in [-0.2, 0) is 0 Å². The minimum Gasteiger partial charge on any atom is -0.305 e. The first-order valence-electron chi connectivity index (χ1n) is 4.48. The van der Waals surface area contributed by atoms with Crippen molar-refractivity contribution < 1.29 is 0 Å². The lowest BCUT2D eigenvalue weighted by Gasteiger charge is -2.14. The van der Waals surface area contributed by atoms with Gasteiger partial charge in [0.05, 0.1) is 0 Å². The zero-order valence-electron chi connectivity index (χ0n) is 7.79. The predicted molar refractivity (Wildman–Crippen MR) is 62.9 cm³/mol. The second-order valence-corrected chi connectivity index (χ2v) is 3.45. The second kappa shape index (κ2) is 6.88. The van der Waals surface area contributed by atoms with Crippen LogP contribution in [0.15, 0.2) is 41.9 Å². The Morgan fingerprint density at radius 2 is 2.00 bits per heavy atom. The molecule has 76 valence electrons. The number of hydrogen-bond acceptors (Lipinski definition) is 1. The lowest BCUT2D eigenvalue weighted by atomic mass is 10.1. The van der Waals surface area contributed by atoms with Crippen LogP contribution in [0, 0.1) is 0 Å². The number of benzene rings is 1. The summed E-state index contributed by atoms with van der Waals surface area (Å²) in [6.07, 6.45) is 1.85. The molecule has 1 aromatic carbocycles. The van der Waals surface area contributed by atoms with Crippen molar-refractivity contribution in [1.29, 1.82) is 0 Å². The Hall–Kier alpha value is -0.500. The molecule has 0 aliphatic heterocycles. The number of halogens is 2. The third-order valence-electron chi connectivity index (χ3n) is 1.93. The van der Waals surface area contributed by atoms with Crippen LogP contribution < -0.4 is 5.32 Å². The molecule has 1 nitrogen and oxygen atoms in total. The highest BCUT2D eigenvalue weighted by atomic mass is 35.5. The van der Waals surface area contributed by atoms with E-state index < -0.39 is 0 Å². The van der Waals surface area contributed by atoms with Gasteiger partial charge in [-0.05, 0) is 5.56 Å². The Balaban J connectivity index is 2.54. The summed E-state index contributed by atoms with van der Waals surface area (Å²) < 4.78 is 0. The van der Waals surface area contributed by atoms with Crippen LogP contribution in [0.1, 0.15) is 11.6 Å². The van der Waals surface area contributed by atoms with Crippen molar-refractivity contribution in [1.82, 2.24) is 5.32 Å². The monoisotopic (exact) mass is 229 g/mol. The topological polar surface area (TPSA) is 12.0 Å². The molecule has 3 heteroatoms. The number of hydrogen-bond donors (Lipinski definition) is 1. The Kier molecular flexibility index (Phi) is 5.69. The van der Waals surface area contributed by atoms with Crippen molar-refractivity contribution in [2.75, 3.05) is 12.4 Å². The fraction of sp³-hybridized carbons (Fsp3) is 0.273. The van der Waals surface area contributed by atoms with Gasteiger partial charge in [-0.15, -0.1) is 11.6 Å². The maximum atomic E-state index is 5.86. The molecule has 1 atom stereocenters. The Bertz CT molecular complexity index is 272. The van der Waals surface area contributed by atoms with Crippen LogP contribution in [-0.4, -0.2) is 12.4 Å². The van der Waals surface area contributed by atoms with E-state index in [0.717, 1.165) is 6.54 Å². The second-order valence-electron chi connectivity index (χ2n) is 2.89. The summed E-state index contributed by atoms with van der Waals surface area (Å²) in [4.78, 5) is 0. The molecule has 0 heterocycles. The zero-order valence-corrected chi connectivity index (χ0v) is 9.30. The van der Waals surface area contributed by atoms with Gasteiger partial charge >= 0.3 is 0 Å². The number of rotatable bonds is 5. The van der Waals surface area contributed by atoms with Gasteiger partial charge in [-0.2, -0.15) is 0 Å². The first-order chi connectivity index (χ1) is 6.88. The third kappa shape index (κ3) is 3.70. The van der Waals surface area contributed by atoms with Gasteiger partial charge in [0, 0.05) is 24.0 Å². The molecule has 0 aliphatic rings. The molecule has 0 saturated heterocycles. The molecular formula is C11H13Cl2N. The van der Waals surface area contributed by atoms with E-state index in [1.54, 1.807) is 0 Å². The summed E-state index contributed by atoms with van der Waals surface area (Å²) in [5.74, 6) is 0.556. The van der Waals surface area contributed by atoms with Crippen molar-refractivity contribution in [3.05, 3.63) is 47.5 Å². The van der Waals surface area contributed by atoms with E-state index in [1.165, 1.54) is 11.1 Å². The predicted octanol–water partition coefficient (Wildman–Crippen LogP) is 3.31. The maximum absolute atomic E-state index is 5.86. The van der Waals surface area contributed by atoms with Gasteiger partial charge in [0.2, 0.25) is 0 Å². The minimum atomic E-state index is 0.186. The molecule has 1 aromatic rings. The van der Waals surface area contributed by atoms with Crippen molar-refractivity contribution in [2.24, 2.45) is 0 Å². The SMILES string of the molecule is Cl/C=C/CNC(CCl)c1ccccc1. The summed E-state index contributed by atoms with van der Waals surface area (Å²) in [5, 5.41) is 3.28. The van der Waals surface area contributed by atoms with E-state index in [2.05, 4.69) is 17.4 Å². The van der Waals surface area contributed by atoms with E-state index in [-0.39, 0.29) is 6.04 Å². The average Bonchev–Trinajstić information content (AvgIpc) is 2.26. The van der Waals surface area contributed by atoms with Crippen LogP contribution in [0.5, 0.6) is 0 Å². The van der Waals surface area contributed by atoms with Crippen molar-refractivity contribution in [3.63, 3.8) is 0 Å². The molecule has 0 radical (unpaired) electrons. The van der Waals surface area contributed by atoms with Gasteiger partial charge in [0.15, 0.2) is 0 Å². The summed E-state index contributed by atoms with van der Waals surface area (Å²) in [6, 6.07) is 10.3. The van der Waals surface area contributed by atoms with Crippen LogP contribution in [0.2, 0.25) is 0 Å². The standard InChI is InChI=1S/C11H13Cl2N/c12-7-4-8-14-11(9-13)10-5-2-1-3-6-10/h1-7,11,14H,8-9H2/b7-4+. The molecule has 1 rings (SSSR count). The summed E-state index contributed by atoms with van der Waals surface area (Å²) in [5.41, 5.74) is 2.70. The Morgan fingerprint density at radius 1 is 1.29 bits per heavy atom. The molecule has 0 amide bonds. The Morgan fingerprint density at radius 3 is 2.57 bits per heavy atom. The van der Waals surface area contributed by atoms with E-state index in [1.807, 2.05) is 24.3 Å². The first kappa shape index (κ1) is 11.6. The fourth-order valence-corrected chi connectivity index (χ4v) is 1.58. The molecule has 1 N–H and O–H groups in total. The zero-order chi connectivity index (χ0) is 10.2. The summed E-state index contributed by atoms with van der Waals surface area (Å²) in [7, 11) is 0. The van der Waals surface area contributed by atoms with Crippen LogP contribution >= 0.6 is 23.2 Å². The van der Waals surface area contributed by atoms with E-state index >= 15 is 0 Å². The van der Waals surface area contributed by atoms with Gasteiger partial charge < -0.3 is 5.32 Å². The summed E-state index contributed by atoms with van der Waals surface area (Å²) >= 11 is 11.3. The van der Waals surface area contributed by atoms with E-state index in [0.29, 0.717) is 5.88 Å². The average molecular weight is 230 g/mol. The highest BCUT2D eigenvalue weighted by molar-refractivity contribution is 6.25. The molecular weight excluding hydrogens is 217 g/mol. The van der Waals surface area contributed by atoms with E-state index in [9.17, 15) is 0 Å². The largest absolute Gasteiger partial charge is 0.305 e. The quantitative estimate of drug-likeness (QED) is 0.765. The molecule has 1 unspecified atom stereocenters. The van der Waals surface area contributed by atoms with Crippen molar-refractivity contribution in [2.45, 2.75) is 6.04 Å². The van der Waals surface area contributed by atoms with Crippen LogP contribution in [0.25, 0.3) is 0 Å².